The van der Waals surface area contributed by atoms with E-state index < -0.39 is 40.7 Å². The van der Waals surface area contributed by atoms with Crippen molar-refractivity contribution in [1.82, 2.24) is 14.8 Å². The molecule has 3 rings (SSSR count). The van der Waals surface area contributed by atoms with Gasteiger partial charge in [0, 0.05) is 30.3 Å². The van der Waals surface area contributed by atoms with E-state index in [1.165, 1.54) is 7.05 Å². The summed E-state index contributed by atoms with van der Waals surface area (Å²) >= 11 is 0.664. The van der Waals surface area contributed by atoms with Gasteiger partial charge in [-0.25, -0.2) is 9.89 Å². The quantitative estimate of drug-likeness (QED) is 0.610. The number of hydrogen-bond acceptors (Lipinski definition) is 6. The fraction of sp³-hybridized carbons (Fsp3) is 0.353. The number of nitrogens with one attached hydrogen (secondary N) is 1. The van der Waals surface area contributed by atoms with Gasteiger partial charge in [0.1, 0.15) is 5.92 Å². The molecule has 28 heavy (non-hydrogen) atoms. The molecule has 1 fully saturated rings. The first-order valence-corrected chi connectivity index (χ1v) is 9.01. The van der Waals surface area contributed by atoms with Crippen molar-refractivity contribution in [3.05, 3.63) is 39.8 Å². The lowest BCUT2D eigenvalue weighted by Crippen LogP contribution is -2.35. The number of carbonyl (C=O) groups excluding carboxylic acids is 3. The minimum Gasteiger partial charge on any atom is -0.298 e. The van der Waals surface area contributed by atoms with Gasteiger partial charge in [0.15, 0.2) is 22.5 Å². The summed E-state index contributed by atoms with van der Waals surface area (Å²) in [7, 11) is 1.36. The van der Waals surface area contributed by atoms with Crippen molar-refractivity contribution in [2.45, 2.75) is 35.5 Å². The van der Waals surface area contributed by atoms with E-state index in [1.807, 2.05) is 0 Å². The highest BCUT2D eigenvalue weighted by molar-refractivity contribution is 7.99. The average molecular weight is 413 g/mol. The number of ketones is 3. The summed E-state index contributed by atoms with van der Waals surface area (Å²) in [6, 6.07) is 2.42. The maximum atomic E-state index is 13.1. The average Bonchev–Trinajstić information content (AvgIpc) is 2.92. The van der Waals surface area contributed by atoms with E-state index in [4.69, 9.17) is 0 Å². The van der Waals surface area contributed by atoms with Crippen LogP contribution in [-0.4, -0.2) is 32.1 Å². The molecule has 0 amide bonds. The van der Waals surface area contributed by atoms with Gasteiger partial charge in [-0.1, -0.05) is 0 Å². The van der Waals surface area contributed by atoms with E-state index in [9.17, 15) is 32.3 Å². The Morgan fingerprint density at radius 3 is 2.39 bits per heavy atom. The smallest absolute Gasteiger partial charge is 0.298 e. The first kappa shape index (κ1) is 20.1. The molecular weight excluding hydrogens is 399 g/mol. The number of benzene rings is 1. The van der Waals surface area contributed by atoms with Crippen LogP contribution in [0.25, 0.3) is 0 Å². The molecule has 7 nitrogen and oxygen atoms in total. The zero-order chi connectivity index (χ0) is 20.6. The van der Waals surface area contributed by atoms with Crippen molar-refractivity contribution in [3.63, 3.8) is 0 Å². The Labute approximate surface area is 160 Å². The highest BCUT2D eigenvalue weighted by Crippen LogP contribution is 2.37. The molecule has 1 aliphatic carbocycles. The zero-order valence-electron chi connectivity index (χ0n) is 14.5. The second-order valence-corrected chi connectivity index (χ2v) is 7.27. The van der Waals surface area contributed by atoms with Crippen LogP contribution in [0.4, 0.5) is 13.2 Å². The van der Waals surface area contributed by atoms with Gasteiger partial charge in [-0.3, -0.25) is 19.0 Å². The van der Waals surface area contributed by atoms with Crippen LogP contribution >= 0.6 is 11.8 Å². The number of aromatic nitrogens is 3. The molecule has 1 N–H and O–H groups in total. The summed E-state index contributed by atoms with van der Waals surface area (Å²) < 4.78 is 40.4. The van der Waals surface area contributed by atoms with E-state index in [-0.39, 0.29) is 28.5 Å². The van der Waals surface area contributed by atoms with Gasteiger partial charge in [0.25, 0.3) is 0 Å². The molecule has 1 aromatic carbocycles. The number of nitrogens with zero attached hydrogens (tertiary/aromatic N) is 2. The van der Waals surface area contributed by atoms with Gasteiger partial charge in [-0.05, 0) is 36.4 Å². The standard InChI is InChI=1S/C17H14F3N3O4S/c1-23-15(27)21-22-16(23)28-12-7-8(17(18,19)20)5-6-9(12)14(26)13-10(24)3-2-4-11(13)25/h5-7,13H,2-4H2,1H3,(H,21,27). The molecule has 148 valence electrons. The predicted octanol–water partition coefficient (Wildman–Crippen LogP) is 2.40. The number of hydrogen-bond donors (Lipinski definition) is 1. The molecule has 0 saturated heterocycles. The van der Waals surface area contributed by atoms with Gasteiger partial charge in [-0.15, -0.1) is 5.10 Å². The van der Waals surface area contributed by atoms with Gasteiger partial charge in [0.05, 0.1) is 5.56 Å². The molecule has 0 aliphatic heterocycles. The van der Waals surface area contributed by atoms with E-state index in [1.54, 1.807) is 0 Å². The molecule has 1 heterocycles. The molecule has 0 spiro atoms. The minimum atomic E-state index is -4.66. The third-order valence-corrected chi connectivity index (χ3v) is 5.47. The van der Waals surface area contributed by atoms with Gasteiger partial charge in [0.2, 0.25) is 0 Å². The highest BCUT2D eigenvalue weighted by Gasteiger charge is 2.38. The predicted molar refractivity (Wildman–Crippen MR) is 91.1 cm³/mol. The number of carbonyl (C=O) groups is 3. The van der Waals surface area contributed by atoms with Crippen molar-refractivity contribution >= 4 is 29.1 Å². The molecule has 0 atom stereocenters. The fourth-order valence-corrected chi connectivity index (χ4v) is 3.83. The fourth-order valence-electron chi connectivity index (χ4n) is 2.86. The number of aromatic amines is 1. The van der Waals surface area contributed by atoms with Crippen LogP contribution in [0.3, 0.4) is 0 Å². The third kappa shape index (κ3) is 3.79. The van der Waals surface area contributed by atoms with E-state index in [0.29, 0.717) is 18.2 Å². The van der Waals surface area contributed by atoms with Crippen molar-refractivity contribution in [2.24, 2.45) is 13.0 Å². The third-order valence-electron chi connectivity index (χ3n) is 4.37. The molecule has 1 aliphatic rings. The monoisotopic (exact) mass is 413 g/mol. The Balaban J connectivity index is 2.08. The lowest BCUT2D eigenvalue weighted by Gasteiger charge is -2.20. The summed E-state index contributed by atoms with van der Waals surface area (Å²) in [5, 5.41) is 5.88. The summed E-state index contributed by atoms with van der Waals surface area (Å²) in [5.74, 6) is -3.42. The number of rotatable bonds is 4. The molecule has 0 radical (unpaired) electrons. The largest absolute Gasteiger partial charge is 0.416 e. The number of alkyl halides is 3. The van der Waals surface area contributed by atoms with Gasteiger partial charge in [-0.2, -0.15) is 13.2 Å². The number of Topliss-reactive ketones (excluding diaryl/α,β-unsaturated/α-hetero) is 3. The Bertz CT molecular complexity index is 1010. The lowest BCUT2D eigenvalue weighted by molar-refractivity contribution is -0.138. The Morgan fingerprint density at radius 2 is 1.86 bits per heavy atom. The van der Waals surface area contributed by atoms with E-state index >= 15 is 0 Å². The van der Waals surface area contributed by atoms with E-state index in [0.717, 1.165) is 22.8 Å². The topological polar surface area (TPSA) is 102 Å². The molecule has 0 bridgehead atoms. The molecule has 0 unspecified atom stereocenters. The first-order valence-electron chi connectivity index (χ1n) is 8.19. The van der Waals surface area contributed by atoms with Crippen LogP contribution in [0.5, 0.6) is 0 Å². The Morgan fingerprint density at radius 1 is 1.21 bits per heavy atom. The van der Waals surface area contributed by atoms with Crippen molar-refractivity contribution in [2.75, 3.05) is 0 Å². The second kappa shape index (κ2) is 7.38. The number of halogens is 3. The van der Waals surface area contributed by atoms with Gasteiger partial charge >= 0.3 is 11.9 Å². The molecule has 11 heteroatoms. The van der Waals surface area contributed by atoms with Crippen LogP contribution in [0.15, 0.2) is 33.0 Å². The Kier molecular flexibility index (Phi) is 5.28. The van der Waals surface area contributed by atoms with Gasteiger partial charge < -0.3 is 0 Å². The van der Waals surface area contributed by atoms with Crippen LogP contribution in [0.2, 0.25) is 0 Å². The summed E-state index contributed by atoms with van der Waals surface area (Å²) in [4.78, 5) is 48.4. The van der Waals surface area contributed by atoms with Crippen molar-refractivity contribution < 1.29 is 27.6 Å². The summed E-state index contributed by atoms with van der Waals surface area (Å²) in [6.45, 7) is 0. The second-order valence-electron chi connectivity index (χ2n) is 6.26. The highest BCUT2D eigenvalue weighted by atomic mass is 32.2. The number of H-pyrrole nitrogens is 1. The first-order chi connectivity index (χ1) is 13.1. The van der Waals surface area contributed by atoms with Crippen molar-refractivity contribution in [3.8, 4) is 0 Å². The summed E-state index contributed by atoms with van der Waals surface area (Å²) in [5.41, 5.74) is -1.78. The maximum absolute atomic E-state index is 13.1. The molecule has 1 aromatic heterocycles. The maximum Gasteiger partial charge on any atom is 0.416 e. The van der Waals surface area contributed by atoms with E-state index in [2.05, 4.69) is 10.2 Å². The lowest BCUT2D eigenvalue weighted by atomic mass is 9.81. The van der Waals surface area contributed by atoms with Crippen LogP contribution in [0.1, 0.15) is 35.2 Å². The zero-order valence-corrected chi connectivity index (χ0v) is 15.3. The van der Waals surface area contributed by atoms with Crippen molar-refractivity contribution in [1.29, 1.82) is 0 Å². The molecule has 2 aromatic rings. The molecule has 1 saturated carbocycles. The summed E-state index contributed by atoms with van der Waals surface area (Å²) in [6.07, 6.45) is -4.17. The Hall–Kier alpha value is -2.69. The van der Waals surface area contributed by atoms with Crippen LogP contribution in [0, 0.1) is 5.92 Å². The minimum absolute atomic E-state index is 0.0275. The van der Waals surface area contributed by atoms with Crippen LogP contribution in [-0.2, 0) is 22.8 Å². The van der Waals surface area contributed by atoms with Crippen LogP contribution < -0.4 is 5.69 Å². The molecular formula is C17H14F3N3O4S. The SMILES string of the molecule is Cn1c(Sc2cc(C(F)(F)F)ccc2C(=O)C2C(=O)CCCC2=O)n[nH]c1=O. The normalized spacial score (nSPS) is 15.9.